The fourth-order valence-electron chi connectivity index (χ4n) is 5.34. The Bertz CT molecular complexity index is 876. The maximum absolute atomic E-state index is 14.2. The average Bonchev–Trinajstić information content (AvgIpc) is 3.48. The summed E-state index contributed by atoms with van der Waals surface area (Å²) >= 11 is 0. The van der Waals surface area contributed by atoms with Gasteiger partial charge in [0.2, 0.25) is 0 Å². The van der Waals surface area contributed by atoms with Crippen molar-refractivity contribution in [3.05, 3.63) is 11.6 Å². The molecule has 0 spiro atoms. The highest BCUT2D eigenvalue weighted by Gasteiger charge is 2.64. The van der Waals surface area contributed by atoms with Crippen LogP contribution in [0, 0.1) is 35.0 Å². The van der Waals surface area contributed by atoms with Gasteiger partial charge in [-0.15, -0.1) is 0 Å². The Hall–Kier alpha value is -1.52. The number of hydrogen-bond donors (Lipinski definition) is 0. The molecule has 18 heteroatoms. The summed E-state index contributed by atoms with van der Waals surface area (Å²) in [6, 6.07) is 0. The first-order valence-electron chi connectivity index (χ1n) is 11.7. The van der Waals surface area contributed by atoms with Gasteiger partial charge in [0, 0.05) is 5.57 Å². The van der Waals surface area contributed by atoms with Gasteiger partial charge >= 0.3 is 37.1 Å². The third-order valence-electron chi connectivity index (χ3n) is 7.43. The minimum Gasteiger partial charge on any atom is -0.171 e. The molecule has 0 aromatic carbocycles. The molecule has 2 aliphatic rings. The van der Waals surface area contributed by atoms with Crippen molar-refractivity contribution in [2.45, 2.75) is 88.4 Å². The van der Waals surface area contributed by atoms with Crippen molar-refractivity contribution in [2.24, 2.45) is 35.0 Å². The molecule has 0 aliphatic heterocycles. The molecule has 2 aliphatic carbocycles. The first-order valence-corrected chi connectivity index (χ1v) is 11.7. The molecule has 0 bridgehead atoms. The van der Waals surface area contributed by atoms with Crippen molar-refractivity contribution in [1.29, 1.82) is 0 Å². The molecule has 5 unspecified atom stereocenters. The van der Waals surface area contributed by atoms with Crippen LogP contribution in [0.2, 0.25) is 0 Å². The van der Waals surface area contributed by atoms with Gasteiger partial charge in [-0.05, 0) is 56.8 Å². The van der Waals surface area contributed by atoms with E-state index < -0.39 is 122 Å². The molecule has 0 heterocycles. The quantitative estimate of drug-likeness (QED) is 0.211. The van der Waals surface area contributed by atoms with Crippen molar-refractivity contribution in [2.75, 3.05) is 0 Å². The van der Waals surface area contributed by atoms with Crippen LogP contribution in [0.5, 0.6) is 0 Å². The zero-order valence-corrected chi connectivity index (χ0v) is 19.9. The second-order valence-corrected chi connectivity index (χ2v) is 10.6. The Morgan fingerprint density at radius 3 is 1.43 bits per heavy atom. The van der Waals surface area contributed by atoms with Crippen molar-refractivity contribution in [1.82, 2.24) is 0 Å². The van der Waals surface area contributed by atoms with Crippen LogP contribution in [0.25, 0.3) is 0 Å². The third kappa shape index (κ3) is 9.24. The zero-order chi connectivity index (χ0) is 31.3. The monoisotopic (exact) mass is 628 g/mol. The smallest absolute Gasteiger partial charge is 0.171 e. The van der Waals surface area contributed by atoms with Gasteiger partial charge in [-0.1, -0.05) is 6.08 Å². The SMILES string of the molecule is FC(F)(F)CC1(C(F)(F)F)CC(C(F)(F)F)/C=C(/C(F)(F)F)CC(C(F)(F)F)CC(C2CC2)CC(C(F)(F)F)C1. The minimum atomic E-state index is -6.44. The van der Waals surface area contributed by atoms with Gasteiger partial charge < -0.3 is 0 Å². The Kier molecular flexibility index (Phi) is 9.50. The van der Waals surface area contributed by atoms with Crippen molar-refractivity contribution in [3.63, 3.8) is 0 Å². The summed E-state index contributed by atoms with van der Waals surface area (Å²) in [5.41, 5.74) is -7.45. The zero-order valence-electron chi connectivity index (χ0n) is 19.9. The van der Waals surface area contributed by atoms with E-state index in [1.54, 1.807) is 0 Å². The molecule has 1 fully saturated rings. The largest absolute Gasteiger partial charge is 0.412 e. The summed E-state index contributed by atoms with van der Waals surface area (Å²) in [6.07, 6.45) is -51.4. The Morgan fingerprint density at radius 2 is 1.07 bits per heavy atom. The third-order valence-corrected chi connectivity index (χ3v) is 7.43. The molecule has 236 valence electrons. The van der Waals surface area contributed by atoms with Gasteiger partial charge in [-0.25, -0.2) is 0 Å². The van der Waals surface area contributed by atoms with Crippen LogP contribution in [0.4, 0.5) is 79.0 Å². The van der Waals surface area contributed by atoms with E-state index in [1.807, 2.05) is 0 Å². The van der Waals surface area contributed by atoms with E-state index in [2.05, 4.69) is 0 Å². The fraction of sp³-hybridized carbons (Fsp3) is 0.909. The molecule has 5 atom stereocenters. The molecular weight excluding hydrogens is 606 g/mol. The lowest BCUT2D eigenvalue weighted by molar-refractivity contribution is -0.294. The van der Waals surface area contributed by atoms with Crippen LogP contribution in [0.1, 0.15) is 51.4 Å². The standard InChI is InChI=1S/C22H22F18/c23-17(24,25)9-16(22(38,39)40)7-14(20(32,33)34)4-11(10-1-2-10)3-12(18(26,27)28)5-13(19(29,30)31)6-15(8-16)21(35,36)37/h6,10-12,14-15H,1-5,7-9H2/b13-6+. The van der Waals surface area contributed by atoms with Gasteiger partial charge in [0.05, 0.1) is 29.6 Å². The molecule has 0 N–H and O–H groups in total. The molecule has 0 nitrogen and oxygen atoms in total. The molecule has 0 radical (unpaired) electrons. The van der Waals surface area contributed by atoms with Crippen LogP contribution >= 0.6 is 0 Å². The second kappa shape index (κ2) is 11.0. The normalized spacial score (nSPS) is 32.6. The summed E-state index contributed by atoms with van der Waals surface area (Å²) in [6.45, 7) is 0. The lowest BCUT2D eigenvalue weighted by Crippen LogP contribution is -2.48. The van der Waals surface area contributed by atoms with Crippen LogP contribution in [0.3, 0.4) is 0 Å². The van der Waals surface area contributed by atoms with Crippen LogP contribution < -0.4 is 0 Å². The van der Waals surface area contributed by atoms with Crippen LogP contribution in [0.15, 0.2) is 11.6 Å². The molecule has 0 aromatic rings. The second-order valence-electron chi connectivity index (χ2n) is 10.6. The number of alkyl halides is 18. The lowest BCUT2D eigenvalue weighted by atomic mass is 9.67. The van der Waals surface area contributed by atoms with Gasteiger partial charge in [0.25, 0.3) is 0 Å². The number of allylic oxidation sites excluding steroid dienone is 2. The molecule has 0 aromatic heterocycles. The van der Waals surface area contributed by atoms with Gasteiger partial charge in [-0.3, -0.25) is 0 Å². The molecule has 2 rings (SSSR count). The van der Waals surface area contributed by atoms with Crippen molar-refractivity contribution < 1.29 is 79.0 Å². The number of halogens is 18. The molecule has 0 saturated heterocycles. The Labute approximate surface area is 215 Å². The number of rotatable bonds is 2. The highest BCUT2D eigenvalue weighted by atomic mass is 19.4. The van der Waals surface area contributed by atoms with Gasteiger partial charge in [0.15, 0.2) is 0 Å². The molecule has 1 saturated carbocycles. The van der Waals surface area contributed by atoms with E-state index in [4.69, 9.17) is 0 Å². The van der Waals surface area contributed by atoms with Crippen LogP contribution in [-0.2, 0) is 0 Å². The lowest BCUT2D eigenvalue weighted by Gasteiger charge is -2.42. The highest BCUT2D eigenvalue weighted by molar-refractivity contribution is 5.15. The Morgan fingerprint density at radius 1 is 0.600 bits per heavy atom. The fourth-order valence-corrected chi connectivity index (χ4v) is 5.34. The van der Waals surface area contributed by atoms with Crippen molar-refractivity contribution >= 4 is 0 Å². The summed E-state index contributed by atoms with van der Waals surface area (Å²) in [5, 5.41) is 0. The van der Waals surface area contributed by atoms with Crippen molar-refractivity contribution in [3.8, 4) is 0 Å². The van der Waals surface area contributed by atoms with Gasteiger partial charge in [0.1, 0.15) is 0 Å². The molecule has 0 amide bonds. The van der Waals surface area contributed by atoms with E-state index in [9.17, 15) is 79.0 Å². The predicted molar refractivity (Wildman–Crippen MR) is 101 cm³/mol. The summed E-state index contributed by atoms with van der Waals surface area (Å²) < 4.78 is 247. The van der Waals surface area contributed by atoms with E-state index in [1.165, 1.54) is 0 Å². The minimum absolute atomic E-state index is 0.0368. The summed E-state index contributed by atoms with van der Waals surface area (Å²) in [7, 11) is 0. The molecular formula is C22H22F18. The van der Waals surface area contributed by atoms with E-state index >= 15 is 0 Å². The van der Waals surface area contributed by atoms with Crippen LogP contribution in [-0.4, -0.2) is 37.1 Å². The van der Waals surface area contributed by atoms with E-state index in [0.717, 1.165) is 0 Å². The first kappa shape index (κ1) is 34.7. The summed E-state index contributed by atoms with van der Waals surface area (Å²) in [4.78, 5) is 0. The van der Waals surface area contributed by atoms with Gasteiger partial charge in [-0.2, -0.15) is 79.0 Å². The van der Waals surface area contributed by atoms with E-state index in [-0.39, 0.29) is 12.8 Å². The van der Waals surface area contributed by atoms with E-state index in [0.29, 0.717) is 0 Å². The summed E-state index contributed by atoms with van der Waals surface area (Å²) in [5.74, 6) is -13.4. The highest BCUT2D eigenvalue weighted by Crippen LogP contribution is 2.59. The maximum Gasteiger partial charge on any atom is 0.412 e. The average molecular weight is 628 g/mol. The molecule has 40 heavy (non-hydrogen) atoms. The predicted octanol–water partition coefficient (Wildman–Crippen LogP) is 10.5. The number of hydrogen-bond acceptors (Lipinski definition) is 0. The maximum atomic E-state index is 14.2. The first-order chi connectivity index (χ1) is 17.6. The Balaban J connectivity index is 2.91. The topological polar surface area (TPSA) is 0 Å².